The average Bonchev–Trinajstić information content (AvgIpc) is 2.70. The third-order valence-corrected chi connectivity index (χ3v) is 2.38. The number of carboxylic acids is 1. The van der Waals surface area contributed by atoms with E-state index in [0.29, 0.717) is 0 Å². The van der Waals surface area contributed by atoms with Crippen LogP contribution in [0.4, 0.5) is 0 Å². The Morgan fingerprint density at radius 3 is 3.07 bits per heavy atom. The Balaban J connectivity index is 2.27. The van der Waals surface area contributed by atoms with Crippen LogP contribution in [0, 0.1) is 0 Å². The maximum atomic E-state index is 10.7. The van der Waals surface area contributed by atoms with Gasteiger partial charge in [-0.1, -0.05) is 0 Å². The fourth-order valence-electron chi connectivity index (χ4n) is 1.66. The number of hydrogen-bond acceptors (Lipinski definition) is 3. The minimum atomic E-state index is -0.954. The highest BCUT2D eigenvalue weighted by Gasteiger charge is 2.22. The van der Waals surface area contributed by atoms with E-state index in [2.05, 4.69) is 5.10 Å². The van der Waals surface area contributed by atoms with E-state index >= 15 is 0 Å². The summed E-state index contributed by atoms with van der Waals surface area (Å²) in [6, 6.07) is 1.58. The molecule has 1 saturated heterocycles. The first-order valence-corrected chi connectivity index (χ1v) is 4.57. The monoisotopic (exact) mass is 196 g/mol. The third kappa shape index (κ3) is 1.50. The summed E-state index contributed by atoms with van der Waals surface area (Å²) in [5.74, 6) is -0.954. The maximum absolute atomic E-state index is 10.7. The van der Waals surface area contributed by atoms with Crippen LogP contribution in [0.2, 0.25) is 0 Å². The van der Waals surface area contributed by atoms with Crippen molar-refractivity contribution in [1.29, 1.82) is 0 Å². The topological polar surface area (TPSA) is 64.4 Å². The molecule has 0 radical (unpaired) electrons. The summed E-state index contributed by atoms with van der Waals surface area (Å²) >= 11 is 0. The van der Waals surface area contributed by atoms with Crippen LogP contribution in [-0.2, 0) is 11.8 Å². The van der Waals surface area contributed by atoms with Crippen molar-refractivity contribution in [2.75, 3.05) is 6.61 Å². The van der Waals surface area contributed by atoms with E-state index in [1.165, 1.54) is 4.68 Å². The van der Waals surface area contributed by atoms with Gasteiger partial charge in [-0.05, 0) is 18.9 Å². The highest BCUT2D eigenvalue weighted by atomic mass is 16.5. The summed E-state index contributed by atoms with van der Waals surface area (Å²) in [6.07, 6.45) is 1.92. The molecule has 1 unspecified atom stereocenters. The van der Waals surface area contributed by atoms with Gasteiger partial charge in [0.05, 0.1) is 5.69 Å². The largest absolute Gasteiger partial charge is 0.477 e. The Kier molecular flexibility index (Phi) is 2.25. The first-order valence-electron chi connectivity index (χ1n) is 4.57. The van der Waals surface area contributed by atoms with E-state index < -0.39 is 5.97 Å². The van der Waals surface area contributed by atoms with Crippen LogP contribution in [-0.4, -0.2) is 27.5 Å². The maximum Gasteiger partial charge on any atom is 0.354 e. The van der Waals surface area contributed by atoms with Crippen molar-refractivity contribution >= 4 is 5.97 Å². The second-order valence-electron chi connectivity index (χ2n) is 3.38. The third-order valence-electron chi connectivity index (χ3n) is 2.38. The van der Waals surface area contributed by atoms with Crippen LogP contribution in [0.25, 0.3) is 0 Å². The number of nitrogens with zero attached hydrogens (tertiary/aromatic N) is 2. The molecule has 0 spiro atoms. The number of aromatic nitrogens is 2. The van der Waals surface area contributed by atoms with E-state index in [1.807, 2.05) is 0 Å². The number of aromatic carboxylic acids is 1. The fourth-order valence-corrected chi connectivity index (χ4v) is 1.66. The molecule has 1 aromatic heterocycles. The van der Waals surface area contributed by atoms with E-state index in [9.17, 15) is 4.79 Å². The molecule has 76 valence electrons. The van der Waals surface area contributed by atoms with Crippen molar-refractivity contribution in [1.82, 2.24) is 9.78 Å². The van der Waals surface area contributed by atoms with Gasteiger partial charge in [0.1, 0.15) is 11.8 Å². The van der Waals surface area contributed by atoms with E-state index in [4.69, 9.17) is 9.84 Å². The molecule has 1 N–H and O–H groups in total. The SMILES string of the molecule is Cn1nc(C2CCCO2)cc1C(=O)O. The van der Waals surface area contributed by atoms with Crippen molar-refractivity contribution in [2.24, 2.45) is 7.05 Å². The summed E-state index contributed by atoms with van der Waals surface area (Å²) in [7, 11) is 1.63. The Hall–Kier alpha value is -1.36. The molecule has 2 heterocycles. The second kappa shape index (κ2) is 3.42. The van der Waals surface area contributed by atoms with Crippen molar-refractivity contribution in [3.63, 3.8) is 0 Å². The lowest BCUT2D eigenvalue weighted by molar-refractivity contribution is 0.0685. The summed E-state index contributed by atoms with van der Waals surface area (Å²) < 4.78 is 6.79. The molecular formula is C9H12N2O3. The molecule has 14 heavy (non-hydrogen) atoms. The molecule has 2 rings (SSSR count). The average molecular weight is 196 g/mol. The predicted octanol–water partition coefficient (Wildman–Crippen LogP) is 0.970. The molecular weight excluding hydrogens is 184 g/mol. The van der Waals surface area contributed by atoms with Crippen molar-refractivity contribution < 1.29 is 14.6 Å². The zero-order chi connectivity index (χ0) is 10.1. The van der Waals surface area contributed by atoms with Gasteiger partial charge in [-0.3, -0.25) is 4.68 Å². The van der Waals surface area contributed by atoms with Gasteiger partial charge in [-0.2, -0.15) is 5.10 Å². The molecule has 5 heteroatoms. The summed E-state index contributed by atoms with van der Waals surface area (Å²) in [5, 5.41) is 12.9. The smallest absolute Gasteiger partial charge is 0.354 e. The van der Waals surface area contributed by atoms with Crippen LogP contribution >= 0.6 is 0 Å². The van der Waals surface area contributed by atoms with E-state index in [0.717, 1.165) is 25.1 Å². The summed E-state index contributed by atoms with van der Waals surface area (Å²) in [4.78, 5) is 10.7. The molecule has 1 aliphatic heterocycles. The predicted molar refractivity (Wildman–Crippen MR) is 48.1 cm³/mol. The molecule has 0 aromatic carbocycles. The molecule has 1 fully saturated rings. The lowest BCUT2D eigenvalue weighted by atomic mass is 10.2. The zero-order valence-corrected chi connectivity index (χ0v) is 7.93. The lowest BCUT2D eigenvalue weighted by Gasteiger charge is -2.03. The Morgan fingerprint density at radius 2 is 2.57 bits per heavy atom. The van der Waals surface area contributed by atoms with Gasteiger partial charge in [-0.15, -0.1) is 0 Å². The van der Waals surface area contributed by atoms with Crippen molar-refractivity contribution in [3.05, 3.63) is 17.5 Å². The van der Waals surface area contributed by atoms with Crippen LogP contribution in [0.5, 0.6) is 0 Å². The second-order valence-corrected chi connectivity index (χ2v) is 3.38. The highest BCUT2D eigenvalue weighted by molar-refractivity contribution is 5.85. The Labute approximate surface area is 81.3 Å². The van der Waals surface area contributed by atoms with Gasteiger partial charge in [-0.25, -0.2) is 4.79 Å². The lowest BCUT2D eigenvalue weighted by Crippen LogP contribution is -2.05. The van der Waals surface area contributed by atoms with Crippen LogP contribution < -0.4 is 0 Å². The quantitative estimate of drug-likeness (QED) is 0.765. The molecule has 0 aliphatic carbocycles. The fraction of sp³-hybridized carbons (Fsp3) is 0.556. The van der Waals surface area contributed by atoms with E-state index in [1.54, 1.807) is 13.1 Å². The Morgan fingerprint density at radius 1 is 1.79 bits per heavy atom. The van der Waals surface area contributed by atoms with Gasteiger partial charge in [0.15, 0.2) is 0 Å². The number of rotatable bonds is 2. The molecule has 1 aromatic rings. The molecule has 0 saturated carbocycles. The minimum Gasteiger partial charge on any atom is -0.477 e. The first-order chi connectivity index (χ1) is 6.68. The Bertz CT molecular complexity index is 353. The molecule has 1 atom stereocenters. The number of hydrogen-bond donors (Lipinski definition) is 1. The standard InChI is InChI=1S/C9H12N2O3/c1-11-7(9(12)13)5-6(10-11)8-3-2-4-14-8/h5,8H,2-4H2,1H3,(H,12,13). The van der Waals surface area contributed by atoms with Gasteiger partial charge in [0.25, 0.3) is 0 Å². The molecule has 0 amide bonds. The van der Waals surface area contributed by atoms with Crippen LogP contribution in [0.3, 0.4) is 0 Å². The molecule has 5 nitrogen and oxygen atoms in total. The first kappa shape index (κ1) is 9.21. The van der Waals surface area contributed by atoms with Gasteiger partial charge in [0, 0.05) is 13.7 Å². The number of ether oxygens (including phenoxy) is 1. The highest BCUT2D eigenvalue weighted by Crippen LogP contribution is 2.27. The summed E-state index contributed by atoms with van der Waals surface area (Å²) in [5.41, 5.74) is 0.929. The van der Waals surface area contributed by atoms with Gasteiger partial charge in [0.2, 0.25) is 0 Å². The van der Waals surface area contributed by atoms with Crippen LogP contribution in [0.1, 0.15) is 35.1 Å². The molecule has 1 aliphatic rings. The number of carbonyl (C=O) groups is 1. The molecule has 0 bridgehead atoms. The van der Waals surface area contributed by atoms with E-state index in [-0.39, 0.29) is 11.8 Å². The minimum absolute atomic E-state index is 0.0192. The summed E-state index contributed by atoms with van der Waals surface area (Å²) in [6.45, 7) is 0.740. The number of aryl methyl sites for hydroxylation is 1. The van der Waals surface area contributed by atoms with Gasteiger partial charge < -0.3 is 9.84 Å². The normalized spacial score (nSPS) is 21.4. The van der Waals surface area contributed by atoms with Crippen LogP contribution in [0.15, 0.2) is 6.07 Å². The number of carboxylic acid groups (broad SMARTS) is 1. The van der Waals surface area contributed by atoms with Crippen molar-refractivity contribution in [2.45, 2.75) is 18.9 Å². The van der Waals surface area contributed by atoms with Crippen molar-refractivity contribution in [3.8, 4) is 0 Å². The van der Waals surface area contributed by atoms with Gasteiger partial charge >= 0.3 is 5.97 Å². The zero-order valence-electron chi connectivity index (χ0n) is 7.93.